The van der Waals surface area contributed by atoms with E-state index in [-0.39, 0.29) is 0 Å². The van der Waals surface area contributed by atoms with Crippen LogP contribution in [0.4, 0.5) is 5.69 Å². The fraction of sp³-hybridized carbons (Fsp3) is 0.250. The van der Waals surface area contributed by atoms with Crippen LogP contribution in [0.3, 0.4) is 0 Å². The van der Waals surface area contributed by atoms with Gasteiger partial charge in [-0.2, -0.15) is 0 Å². The molecule has 0 atom stereocenters. The molecule has 2 aromatic rings. The number of halogens is 1. The highest BCUT2D eigenvalue weighted by molar-refractivity contribution is 6.35. The Balaban J connectivity index is 2.77. The number of rotatable bonds is 2. The third-order valence-corrected chi connectivity index (χ3v) is 2.68. The molecule has 0 fully saturated rings. The molecule has 1 heterocycles. The maximum absolute atomic E-state index is 6.20. The van der Waals surface area contributed by atoms with Crippen LogP contribution >= 0.6 is 11.6 Å². The third-order valence-electron chi connectivity index (χ3n) is 2.39. The van der Waals surface area contributed by atoms with Gasteiger partial charge in [-0.3, -0.25) is 4.98 Å². The molecule has 0 amide bonds. The highest BCUT2D eigenvalue weighted by atomic mass is 35.5. The Labute approximate surface area is 94.3 Å². The molecule has 0 saturated carbocycles. The van der Waals surface area contributed by atoms with E-state index in [1.807, 2.05) is 25.1 Å². The highest BCUT2D eigenvalue weighted by Gasteiger charge is 2.08. The molecular formula is C12H13ClN2. The van der Waals surface area contributed by atoms with E-state index in [4.69, 9.17) is 11.6 Å². The first-order valence-electron chi connectivity index (χ1n) is 5.01. The Bertz CT molecular complexity index is 494. The quantitative estimate of drug-likeness (QED) is 0.836. The second-order valence-electron chi connectivity index (χ2n) is 3.48. The van der Waals surface area contributed by atoms with Gasteiger partial charge in [0.05, 0.1) is 16.2 Å². The van der Waals surface area contributed by atoms with Crippen LogP contribution in [0.25, 0.3) is 10.9 Å². The van der Waals surface area contributed by atoms with Crippen molar-refractivity contribution in [1.29, 1.82) is 0 Å². The number of aryl methyl sites for hydroxylation is 1. The summed E-state index contributed by atoms with van der Waals surface area (Å²) in [7, 11) is 0. The molecule has 2 rings (SSSR count). The Morgan fingerprint density at radius 2 is 2.27 bits per heavy atom. The summed E-state index contributed by atoms with van der Waals surface area (Å²) in [6.45, 7) is 4.93. The van der Waals surface area contributed by atoms with Gasteiger partial charge in [0.1, 0.15) is 0 Å². The molecule has 0 radical (unpaired) electrons. The number of hydrogen-bond donors (Lipinski definition) is 1. The molecule has 15 heavy (non-hydrogen) atoms. The number of pyridine rings is 1. The van der Waals surface area contributed by atoms with Crippen molar-refractivity contribution in [3.8, 4) is 0 Å². The summed E-state index contributed by atoms with van der Waals surface area (Å²) in [5.74, 6) is 0. The number of benzene rings is 1. The molecule has 0 spiro atoms. The summed E-state index contributed by atoms with van der Waals surface area (Å²) in [6.07, 6.45) is 1.80. The third kappa shape index (κ3) is 1.77. The van der Waals surface area contributed by atoms with Crippen molar-refractivity contribution < 1.29 is 0 Å². The van der Waals surface area contributed by atoms with Crippen molar-refractivity contribution in [3.05, 3.63) is 35.0 Å². The summed E-state index contributed by atoms with van der Waals surface area (Å²) in [6, 6.07) is 5.92. The molecule has 1 aromatic carbocycles. The van der Waals surface area contributed by atoms with E-state index in [9.17, 15) is 0 Å². The standard InChI is InChI=1S/C12H13ClN2/c1-3-14-12-9-5-4-6-15-11(9)8(2)7-10(12)13/h4-7,14H,3H2,1-2H3. The van der Waals surface area contributed by atoms with Crippen LogP contribution < -0.4 is 5.32 Å². The average molecular weight is 221 g/mol. The van der Waals surface area contributed by atoms with Crippen LogP contribution in [-0.2, 0) is 0 Å². The van der Waals surface area contributed by atoms with Crippen LogP contribution in [-0.4, -0.2) is 11.5 Å². The lowest BCUT2D eigenvalue weighted by Gasteiger charge is -2.11. The van der Waals surface area contributed by atoms with Crippen molar-refractivity contribution >= 4 is 28.2 Å². The first-order valence-corrected chi connectivity index (χ1v) is 5.39. The zero-order chi connectivity index (χ0) is 10.8. The summed E-state index contributed by atoms with van der Waals surface area (Å²) in [4.78, 5) is 4.37. The van der Waals surface area contributed by atoms with Gasteiger partial charge in [0.15, 0.2) is 0 Å². The zero-order valence-corrected chi connectivity index (χ0v) is 9.60. The number of nitrogens with one attached hydrogen (secondary N) is 1. The number of fused-ring (bicyclic) bond motifs is 1. The summed E-state index contributed by atoms with van der Waals surface area (Å²) in [5, 5.41) is 5.12. The smallest absolute Gasteiger partial charge is 0.0752 e. The van der Waals surface area contributed by atoms with Crippen molar-refractivity contribution in [1.82, 2.24) is 4.98 Å². The summed E-state index contributed by atoms with van der Waals surface area (Å²) in [5.41, 5.74) is 3.10. The number of aromatic nitrogens is 1. The van der Waals surface area contributed by atoms with Crippen molar-refractivity contribution in [2.24, 2.45) is 0 Å². The number of anilines is 1. The molecule has 2 nitrogen and oxygen atoms in total. The Kier molecular flexibility index (Phi) is 2.78. The van der Waals surface area contributed by atoms with E-state index in [0.29, 0.717) is 0 Å². The minimum atomic E-state index is 0.759. The van der Waals surface area contributed by atoms with Crippen LogP contribution in [0.15, 0.2) is 24.4 Å². The van der Waals surface area contributed by atoms with Crippen LogP contribution in [0.5, 0.6) is 0 Å². The minimum absolute atomic E-state index is 0.759. The zero-order valence-electron chi connectivity index (χ0n) is 8.84. The molecule has 0 aliphatic rings. The van der Waals surface area contributed by atoms with E-state index in [2.05, 4.69) is 17.2 Å². The lowest BCUT2D eigenvalue weighted by Crippen LogP contribution is -1.99. The van der Waals surface area contributed by atoms with Gasteiger partial charge >= 0.3 is 0 Å². The second kappa shape index (κ2) is 4.07. The molecule has 3 heteroatoms. The van der Waals surface area contributed by atoms with Crippen molar-refractivity contribution in [2.45, 2.75) is 13.8 Å². The highest BCUT2D eigenvalue weighted by Crippen LogP contribution is 2.32. The van der Waals surface area contributed by atoms with Crippen LogP contribution in [0.1, 0.15) is 12.5 Å². The van der Waals surface area contributed by atoms with E-state index in [0.717, 1.165) is 33.7 Å². The van der Waals surface area contributed by atoms with Crippen molar-refractivity contribution in [2.75, 3.05) is 11.9 Å². The minimum Gasteiger partial charge on any atom is -0.384 e. The molecule has 1 aromatic heterocycles. The molecule has 0 saturated heterocycles. The number of nitrogens with zero attached hydrogens (tertiary/aromatic N) is 1. The van der Waals surface area contributed by atoms with Gasteiger partial charge in [0.25, 0.3) is 0 Å². The predicted molar refractivity (Wildman–Crippen MR) is 65.7 cm³/mol. The first-order chi connectivity index (χ1) is 7.24. The van der Waals surface area contributed by atoms with Gasteiger partial charge in [-0.05, 0) is 37.6 Å². The molecule has 0 aliphatic carbocycles. The molecule has 0 aliphatic heterocycles. The van der Waals surface area contributed by atoms with Gasteiger partial charge in [0.2, 0.25) is 0 Å². The number of hydrogen-bond acceptors (Lipinski definition) is 2. The monoisotopic (exact) mass is 220 g/mol. The molecule has 78 valence electrons. The van der Waals surface area contributed by atoms with Crippen LogP contribution in [0.2, 0.25) is 5.02 Å². The Morgan fingerprint density at radius 1 is 1.47 bits per heavy atom. The topological polar surface area (TPSA) is 24.9 Å². The van der Waals surface area contributed by atoms with Gasteiger partial charge in [-0.25, -0.2) is 0 Å². The predicted octanol–water partition coefficient (Wildman–Crippen LogP) is 3.63. The van der Waals surface area contributed by atoms with E-state index >= 15 is 0 Å². The maximum Gasteiger partial charge on any atom is 0.0752 e. The first kappa shape index (κ1) is 10.2. The summed E-state index contributed by atoms with van der Waals surface area (Å²) < 4.78 is 0. The Hall–Kier alpha value is -1.28. The largest absolute Gasteiger partial charge is 0.384 e. The van der Waals surface area contributed by atoms with E-state index in [1.165, 1.54) is 0 Å². The second-order valence-corrected chi connectivity index (χ2v) is 3.89. The van der Waals surface area contributed by atoms with E-state index in [1.54, 1.807) is 6.20 Å². The lowest BCUT2D eigenvalue weighted by atomic mass is 10.1. The van der Waals surface area contributed by atoms with Gasteiger partial charge in [-0.15, -0.1) is 0 Å². The molecule has 1 N–H and O–H groups in total. The molecular weight excluding hydrogens is 208 g/mol. The van der Waals surface area contributed by atoms with Gasteiger partial charge in [-0.1, -0.05) is 11.6 Å². The van der Waals surface area contributed by atoms with Crippen molar-refractivity contribution in [3.63, 3.8) is 0 Å². The fourth-order valence-corrected chi connectivity index (χ4v) is 2.07. The van der Waals surface area contributed by atoms with Crippen LogP contribution in [0, 0.1) is 6.92 Å². The van der Waals surface area contributed by atoms with E-state index < -0.39 is 0 Å². The lowest BCUT2D eigenvalue weighted by molar-refractivity contribution is 1.22. The van der Waals surface area contributed by atoms with Gasteiger partial charge < -0.3 is 5.32 Å². The molecule has 0 bridgehead atoms. The fourth-order valence-electron chi connectivity index (χ4n) is 1.74. The normalized spacial score (nSPS) is 10.6. The Morgan fingerprint density at radius 3 is 3.00 bits per heavy atom. The summed E-state index contributed by atoms with van der Waals surface area (Å²) >= 11 is 6.20. The molecule has 0 unspecified atom stereocenters. The SMILES string of the molecule is CCNc1c(Cl)cc(C)c2ncccc12. The average Bonchev–Trinajstić information content (AvgIpc) is 2.24. The maximum atomic E-state index is 6.20. The van der Waals surface area contributed by atoms with Gasteiger partial charge in [0, 0.05) is 18.1 Å².